The minimum atomic E-state index is -0.738. The van der Waals surface area contributed by atoms with E-state index < -0.39 is 17.7 Å². The van der Waals surface area contributed by atoms with Crippen molar-refractivity contribution in [3.05, 3.63) is 114 Å². The smallest absolute Gasteiger partial charge is 0.295 e. The largest absolute Gasteiger partial charge is 0.507 e. The lowest BCUT2D eigenvalue weighted by molar-refractivity contribution is -0.139. The van der Waals surface area contributed by atoms with E-state index >= 15 is 0 Å². The van der Waals surface area contributed by atoms with E-state index in [0.717, 1.165) is 5.56 Å². The van der Waals surface area contributed by atoms with Gasteiger partial charge in [-0.15, -0.1) is 0 Å². The topological polar surface area (TPSA) is 76.1 Å². The highest BCUT2D eigenvalue weighted by atomic mass is 16.5. The van der Waals surface area contributed by atoms with Gasteiger partial charge in [0.15, 0.2) is 0 Å². The number of carbonyl (C=O) groups excluding carboxylic acids is 2. The van der Waals surface area contributed by atoms with Gasteiger partial charge in [0.05, 0.1) is 18.2 Å². The number of amides is 1. The summed E-state index contributed by atoms with van der Waals surface area (Å²) < 4.78 is 11.1. The third-order valence-corrected chi connectivity index (χ3v) is 6.01. The fraction of sp³-hybridized carbons (Fsp3) is 0.200. The number of carbonyl (C=O) groups is 2. The van der Waals surface area contributed by atoms with Crippen LogP contribution in [0.25, 0.3) is 5.76 Å². The molecule has 0 radical (unpaired) electrons. The van der Waals surface area contributed by atoms with Crippen LogP contribution in [0.2, 0.25) is 0 Å². The lowest BCUT2D eigenvalue weighted by Crippen LogP contribution is -2.31. The van der Waals surface area contributed by atoms with Crippen molar-refractivity contribution in [3.8, 4) is 11.5 Å². The number of benzene rings is 3. The zero-order valence-corrected chi connectivity index (χ0v) is 20.2. The molecule has 1 aliphatic heterocycles. The van der Waals surface area contributed by atoms with Crippen LogP contribution in [-0.4, -0.2) is 41.5 Å². The zero-order chi connectivity index (χ0) is 25.5. The molecule has 0 aromatic heterocycles. The van der Waals surface area contributed by atoms with E-state index in [0.29, 0.717) is 48.8 Å². The van der Waals surface area contributed by atoms with Crippen LogP contribution in [0.15, 0.2) is 97.1 Å². The highest BCUT2D eigenvalue weighted by Gasteiger charge is 2.45. The molecule has 6 nitrogen and oxygen atoms in total. The van der Waals surface area contributed by atoms with Gasteiger partial charge in [0.1, 0.15) is 23.9 Å². The van der Waals surface area contributed by atoms with E-state index in [1.54, 1.807) is 42.5 Å². The molecule has 6 heteroatoms. The number of Topliss-reactive ketones (excluding diaryl/α,β-unsaturated/α-hetero) is 1. The van der Waals surface area contributed by atoms with Crippen molar-refractivity contribution in [3.63, 3.8) is 0 Å². The number of aliphatic hydroxyl groups is 1. The van der Waals surface area contributed by atoms with Crippen molar-refractivity contribution in [1.29, 1.82) is 0 Å². The van der Waals surface area contributed by atoms with Crippen LogP contribution in [0.5, 0.6) is 11.5 Å². The quantitative estimate of drug-likeness (QED) is 0.183. The molecular formula is C30H29NO5. The first-order valence-electron chi connectivity index (χ1n) is 11.9. The Kier molecular flexibility index (Phi) is 7.85. The summed E-state index contributed by atoms with van der Waals surface area (Å²) in [6, 6.07) is 23.1. The number of likely N-dealkylation sites (tertiary alicyclic amines) is 1. The number of hydrogen-bond acceptors (Lipinski definition) is 5. The Morgan fingerprint density at radius 3 is 2.42 bits per heavy atom. The molecule has 1 N–H and O–H groups in total. The Morgan fingerprint density at radius 1 is 0.972 bits per heavy atom. The molecular weight excluding hydrogens is 454 g/mol. The molecule has 4 rings (SSSR count). The number of nitrogens with zero attached hydrogens (tertiary/aromatic N) is 1. The van der Waals surface area contributed by atoms with Crippen LogP contribution in [0.4, 0.5) is 0 Å². The molecule has 0 bridgehead atoms. The zero-order valence-electron chi connectivity index (χ0n) is 20.2. The molecule has 1 heterocycles. The molecule has 1 atom stereocenters. The average Bonchev–Trinajstić information content (AvgIpc) is 3.16. The molecule has 3 aromatic carbocycles. The third-order valence-electron chi connectivity index (χ3n) is 6.01. The summed E-state index contributed by atoms with van der Waals surface area (Å²) in [6.45, 7) is 6.68. The van der Waals surface area contributed by atoms with E-state index in [4.69, 9.17) is 9.47 Å². The molecule has 184 valence electrons. The van der Waals surface area contributed by atoms with E-state index in [2.05, 4.69) is 6.58 Å². The fourth-order valence-corrected chi connectivity index (χ4v) is 4.31. The minimum absolute atomic E-state index is 0.0569. The Hall–Kier alpha value is -4.32. The first-order valence-corrected chi connectivity index (χ1v) is 11.9. The van der Waals surface area contributed by atoms with Crippen LogP contribution < -0.4 is 9.47 Å². The van der Waals surface area contributed by atoms with Gasteiger partial charge in [0.2, 0.25) is 0 Å². The van der Waals surface area contributed by atoms with Gasteiger partial charge in [0.25, 0.3) is 11.7 Å². The monoisotopic (exact) mass is 483 g/mol. The second-order valence-electron chi connectivity index (χ2n) is 8.36. The van der Waals surface area contributed by atoms with Crippen LogP contribution in [0, 0.1) is 0 Å². The van der Waals surface area contributed by atoms with Crippen LogP contribution in [0.3, 0.4) is 0 Å². The number of aliphatic hydroxyl groups excluding tert-OH is 1. The van der Waals surface area contributed by atoms with E-state index in [9.17, 15) is 14.7 Å². The van der Waals surface area contributed by atoms with Crippen molar-refractivity contribution in [1.82, 2.24) is 4.90 Å². The summed E-state index contributed by atoms with van der Waals surface area (Å²) in [7, 11) is 0. The van der Waals surface area contributed by atoms with Gasteiger partial charge in [-0.05, 0) is 48.7 Å². The van der Waals surface area contributed by atoms with Gasteiger partial charge in [-0.25, -0.2) is 0 Å². The standard InChI is InChI=1S/C30H29NO5/c1-3-19-36-24-15-13-22(14-16-24)27-26(28(32)23-11-8-12-25(20-23)35-4-2)29(33)30(34)31(27)18-17-21-9-6-5-7-10-21/h3,5-16,20,27,32H,1,4,17-19H2,2H3/b28-26+. The molecule has 1 aliphatic rings. The van der Waals surface area contributed by atoms with Crippen molar-refractivity contribution in [2.45, 2.75) is 19.4 Å². The SMILES string of the molecule is C=CCOc1ccc(C2/C(=C(\O)c3cccc(OCC)c3)C(=O)C(=O)N2CCc2ccccc2)cc1. The number of ether oxygens (including phenoxy) is 2. The Bertz CT molecular complexity index is 1260. The van der Waals surface area contributed by atoms with Gasteiger partial charge in [-0.3, -0.25) is 9.59 Å². The number of rotatable bonds is 10. The minimum Gasteiger partial charge on any atom is -0.507 e. The lowest BCUT2D eigenvalue weighted by atomic mass is 9.95. The maximum atomic E-state index is 13.3. The van der Waals surface area contributed by atoms with Gasteiger partial charge >= 0.3 is 0 Å². The van der Waals surface area contributed by atoms with E-state index in [1.807, 2.05) is 49.4 Å². The molecule has 1 unspecified atom stereocenters. The van der Waals surface area contributed by atoms with Gasteiger partial charge < -0.3 is 19.5 Å². The Morgan fingerprint density at radius 2 is 1.72 bits per heavy atom. The summed E-state index contributed by atoms with van der Waals surface area (Å²) in [5.74, 6) is -0.358. The van der Waals surface area contributed by atoms with E-state index in [1.165, 1.54) is 4.90 Å². The molecule has 3 aromatic rings. The maximum Gasteiger partial charge on any atom is 0.295 e. The maximum absolute atomic E-state index is 13.3. The molecule has 1 amide bonds. The first-order chi connectivity index (χ1) is 17.5. The first kappa shape index (κ1) is 24.8. The Labute approximate surface area is 211 Å². The van der Waals surface area contributed by atoms with Crippen LogP contribution in [-0.2, 0) is 16.0 Å². The predicted octanol–water partition coefficient (Wildman–Crippen LogP) is 5.31. The fourth-order valence-electron chi connectivity index (χ4n) is 4.31. The van der Waals surface area contributed by atoms with Crippen molar-refractivity contribution < 1.29 is 24.2 Å². The highest BCUT2D eigenvalue weighted by molar-refractivity contribution is 6.46. The van der Waals surface area contributed by atoms with Crippen molar-refractivity contribution >= 4 is 17.4 Å². The summed E-state index contributed by atoms with van der Waals surface area (Å²) >= 11 is 0. The van der Waals surface area contributed by atoms with Crippen LogP contribution in [0.1, 0.15) is 29.7 Å². The average molecular weight is 484 g/mol. The second-order valence-corrected chi connectivity index (χ2v) is 8.36. The number of hydrogen-bond donors (Lipinski definition) is 1. The molecule has 0 aliphatic carbocycles. The lowest BCUT2D eigenvalue weighted by Gasteiger charge is -2.25. The predicted molar refractivity (Wildman–Crippen MR) is 139 cm³/mol. The second kappa shape index (κ2) is 11.4. The van der Waals surface area contributed by atoms with E-state index in [-0.39, 0.29) is 11.3 Å². The summed E-state index contributed by atoms with van der Waals surface area (Å²) in [6.07, 6.45) is 2.23. The molecule has 1 fully saturated rings. The molecule has 0 spiro atoms. The van der Waals surface area contributed by atoms with Gasteiger partial charge in [-0.1, -0.05) is 67.3 Å². The highest BCUT2D eigenvalue weighted by Crippen LogP contribution is 2.40. The Balaban J connectivity index is 1.75. The summed E-state index contributed by atoms with van der Waals surface area (Å²) in [4.78, 5) is 28.0. The molecule has 36 heavy (non-hydrogen) atoms. The van der Waals surface area contributed by atoms with Crippen molar-refractivity contribution in [2.75, 3.05) is 19.8 Å². The van der Waals surface area contributed by atoms with Crippen molar-refractivity contribution in [2.24, 2.45) is 0 Å². The van der Waals surface area contributed by atoms with Gasteiger partial charge in [-0.2, -0.15) is 0 Å². The molecule has 0 saturated carbocycles. The summed E-state index contributed by atoms with van der Waals surface area (Å²) in [5.41, 5.74) is 2.23. The van der Waals surface area contributed by atoms with Crippen LogP contribution >= 0.6 is 0 Å². The van der Waals surface area contributed by atoms with Gasteiger partial charge in [0, 0.05) is 12.1 Å². The number of ketones is 1. The normalized spacial score (nSPS) is 16.7. The molecule has 1 saturated heterocycles. The third kappa shape index (κ3) is 5.33. The summed E-state index contributed by atoms with van der Waals surface area (Å²) in [5, 5.41) is 11.3.